The molecule has 0 N–H and O–H groups in total. The number of fused-ring (bicyclic) bond motifs is 1. The molecule has 0 aliphatic rings. The first-order valence-electron chi connectivity index (χ1n) is 3.95. The van der Waals surface area contributed by atoms with Crippen molar-refractivity contribution in [2.24, 2.45) is 0 Å². The fourth-order valence-electron chi connectivity index (χ4n) is 1.35. The van der Waals surface area contributed by atoms with Gasteiger partial charge in [0.1, 0.15) is 0 Å². The minimum absolute atomic E-state index is 0.247. The molecule has 0 fully saturated rings. The maximum absolute atomic E-state index is 13.2. The lowest BCUT2D eigenvalue weighted by molar-refractivity contribution is 0.398. The van der Waals surface area contributed by atoms with Crippen LogP contribution in [0.25, 0.3) is 10.1 Å². The normalized spacial score (nSPS) is 10.7. The van der Waals surface area contributed by atoms with Gasteiger partial charge in [-0.05, 0) is 19.1 Å². The van der Waals surface area contributed by atoms with Crippen LogP contribution < -0.4 is 4.74 Å². The molecule has 2 rings (SSSR count). The van der Waals surface area contributed by atoms with Crippen molar-refractivity contribution in [2.75, 3.05) is 7.11 Å². The molecule has 0 saturated heterocycles. The summed E-state index contributed by atoms with van der Waals surface area (Å²) in [6, 6.07) is 5.83. The second-order valence-corrected chi connectivity index (χ2v) is 3.91. The van der Waals surface area contributed by atoms with E-state index in [2.05, 4.69) is 0 Å². The molecular formula is C10H9FOS. The summed E-state index contributed by atoms with van der Waals surface area (Å²) in [7, 11) is 1.49. The number of thiophene rings is 1. The van der Waals surface area contributed by atoms with Crippen molar-refractivity contribution in [1.82, 2.24) is 0 Å². The van der Waals surface area contributed by atoms with Gasteiger partial charge in [0.2, 0.25) is 5.13 Å². The lowest BCUT2D eigenvalue weighted by Gasteiger charge is -1.97. The summed E-state index contributed by atoms with van der Waals surface area (Å²) in [4.78, 5) is 0. The summed E-state index contributed by atoms with van der Waals surface area (Å²) in [6.07, 6.45) is 0. The number of ether oxygens (including phenoxy) is 1. The molecule has 2 aromatic rings. The minimum Gasteiger partial charge on any atom is -0.492 e. The van der Waals surface area contributed by atoms with E-state index in [1.165, 1.54) is 7.11 Å². The molecular weight excluding hydrogens is 187 g/mol. The molecule has 0 atom stereocenters. The van der Waals surface area contributed by atoms with E-state index in [1.54, 1.807) is 0 Å². The van der Waals surface area contributed by atoms with Crippen LogP contribution in [0.15, 0.2) is 18.2 Å². The van der Waals surface area contributed by atoms with Crippen LogP contribution in [0, 0.1) is 12.1 Å². The van der Waals surface area contributed by atoms with Crippen LogP contribution in [-0.2, 0) is 0 Å². The molecule has 0 saturated carbocycles. The predicted octanol–water partition coefficient (Wildman–Crippen LogP) is 3.36. The van der Waals surface area contributed by atoms with E-state index in [4.69, 9.17) is 4.74 Å². The van der Waals surface area contributed by atoms with Gasteiger partial charge < -0.3 is 4.74 Å². The Morgan fingerprint density at radius 1 is 1.38 bits per heavy atom. The van der Waals surface area contributed by atoms with Crippen LogP contribution in [0.4, 0.5) is 4.39 Å². The van der Waals surface area contributed by atoms with Crippen molar-refractivity contribution < 1.29 is 9.13 Å². The fraction of sp³-hybridized carbons (Fsp3) is 0.200. The quantitative estimate of drug-likeness (QED) is 0.679. The summed E-state index contributed by atoms with van der Waals surface area (Å²) in [5.74, 6) is 0.365. The van der Waals surface area contributed by atoms with Crippen LogP contribution in [-0.4, -0.2) is 7.11 Å². The third kappa shape index (κ3) is 1.29. The first-order valence-corrected chi connectivity index (χ1v) is 4.76. The molecule has 1 aromatic heterocycles. The summed E-state index contributed by atoms with van der Waals surface area (Å²) >= 11 is 1.12. The van der Waals surface area contributed by atoms with Gasteiger partial charge in [0.15, 0.2) is 5.75 Å². The van der Waals surface area contributed by atoms with Crippen molar-refractivity contribution in [3.05, 3.63) is 28.9 Å². The number of aryl methyl sites for hydroxylation is 1. The molecule has 13 heavy (non-hydrogen) atoms. The van der Waals surface area contributed by atoms with Crippen LogP contribution in [0.2, 0.25) is 0 Å². The Bertz CT molecular complexity index is 447. The summed E-state index contributed by atoms with van der Waals surface area (Å²) in [5.41, 5.74) is 1.11. The van der Waals surface area contributed by atoms with Gasteiger partial charge in [0.25, 0.3) is 0 Å². The zero-order chi connectivity index (χ0) is 9.42. The van der Waals surface area contributed by atoms with Crippen LogP contribution in [0.3, 0.4) is 0 Å². The maximum atomic E-state index is 13.2. The number of benzene rings is 1. The number of methoxy groups -OCH3 is 1. The monoisotopic (exact) mass is 196 g/mol. The Morgan fingerprint density at radius 2 is 2.15 bits per heavy atom. The Kier molecular flexibility index (Phi) is 1.96. The SMILES string of the molecule is COc1c(F)sc2ccc(C)cc12. The van der Waals surface area contributed by atoms with Gasteiger partial charge >= 0.3 is 0 Å². The molecule has 3 heteroatoms. The molecule has 0 radical (unpaired) electrons. The van der Waals surface area contributed by atoms with Gasteiger partial charge in [-0.15, -0.1) is 11.3 Å². The zero-order valence-corrected chi connectivity index (χ0v) is 8.24. The van der Waals surface area contributed by atoms with Crippen LogP contribution in [0.1, 0.15) is 5.56 Å². The third-order valence-corrected chi connectivity index (χ3v) is 2.90. The second-order valence-electron chi connectivity index (χ2n) is 2.91. The van der Waals surface area contributed by atoms with E-state index < -0.39 is 0 Å². The van der Waals surface area contributed by atoms with Crippen LogP contribution >= 0.6 is 11.3 Å². The maximum Gasteiger partial charge on any atom is 0.219 e. The smallest absolute Gasteiger partial charge is 0.219 e. The molecule has 1 aromatic carbocycles. The van der Waals surface area contributed by atoms with E-state index in [9.17, 15) is 4.39 Å². The van der Waals surface area contributed by atoms with Gasteiger partial charge in [-0.1, -0.05) is 11.6 Å². The lowest BCUT2D eigenvalue weighted by Crippen LogP contribution is -1.82. The molecule has 0 aliphatic heterocycles. The topological polar surface area (TPSA) is 9.23 Å². The average molecular weight is 196 g/mol. The fourth-order valence-corrected chi connectivity index (χ4v) is 2.23. The number of halogens is 1. The highest BCUT2D eigenvalue weighted by atomic mass is 32.1. The van der Waals surface area contributed by atoms with Gasteiger partial charge in [0, 0.05) is 10.1 Å². The first-order chi connectivity index (χ1) is 6.22. The molecule has 0 amide bonds. The molecule has 0 aliphatic carbocycles. The van der Waals surface area contributed by atoms with E-state index >= 15 is 0 Å². The Hall–Kier alpha value is -1.09. The first kappa shape index (κ1) is 8.51. The Balaban J connectivity index is 2.80. The van der Waals surface area contributed by atoms with Crippen molar-refractivity contribution in [1.29, 1.82) is 0 Å². The van der Waals surface area contributed by atoms with Crippen molar-refractivity contribution in [3.63, 3.8) is 0 Å². The van der Waals surface area contributed by atoms with E-state index in [-0.39, 0.29) is 5.13 Å². The summed E-state index contributed by atoms with van der Waals surface area (Å²) in [5, 5.41) is 0.619. The van der Waals surface area contributed by atoms with Crippen molar-refractivity contribution in [2.45, 2.75) is 6.92 Å². The molecule has 68 valence electrons. The van der Waals surface area contributed by atoms with Crippen LogP contribution in [0.5, 0.6) is 5.75 Å². The van der Waals surface area contributed by atoms with Crippen molar-refractivity contribution in [3.8, 4) is 5.75 Å². The Morgan fingerprint density at radius 3 is 2.85 bits per heavy atom. The molecule has 0 spiro atoms. The zero-order valence-electron chi connectivity index (χ0n) is 7.43. The van der Waals surface area contributed by atoms with Gasteiger partial charge in [-0.2, -0.15) is 4.39 Å². The van der Waals surface area contributed by atoms with Gasteiger partial charge in [0.05, 0.1) is 7.11 Å². The molecule has 1 nitrogen and oxygen atoms in total. The number of hydrogen-bond acceptors (Lipinski definition) is 2. The van der Waals surface area contributed by atoms with E-state index in [0.29, 0.717) is 5.75 Å². The van der Waals surface area contributed by atoms with Gasteiger partial charge in [-0.25, -0.2) is 0 Å². The molecule has 0 unspecified atom stereocenters. The Labute approximate surface area is 79.8 Å². The van der Waals surface area contributed by atoms with Crippen molar-refractivity contribution >= 4 is 21.4 Å². The largest absolute Gasteiger partial charge is 0.492 e. The lowest BCUT2D eigenvalue weighted by atomic mass is 10.2. The summed E-state index contributed by atoms with van der Waals surface area (Å²) in [6.45, 7) is 1.98. The van der Waals surface area contributed by atoms with Gasteiger partial charge in [-0.3, -0.25) is 0 Å². The summed E-state index contributed by atoms with van der Waals surface area (Å²) < 4.78 is 19.1. The van der Waals surface area contributed by atoms with E-state index in [0.717, 1.165) is 27.0 Å². The number of hydrogen-bond donors (Lipinski definition) is 0. The minimum atomic E-state index is -0.247. The highest BCUT2D eigenvalue weighted by molar-refractivity contribution is 7.17. The highest BCUT2D eigenvalue weighted by Crippen LogP contribution is 2.36. The predicted molar refractivity (Wildman–Crippen MR) is 53.1 cm³/mol. The highest BCUT2D eigenvalue weighted by Gasteiger charge is 2.11. The third-order valence-electron chi connectivity index (χ3n) is 1.96. The standard InChI is InChI=1S/C10H9FOS/c1-6-3-4-8-7(5-6)9(12-2)10(11)13-8/h3-5H,1-2H3. The van der Waals surface area contributed by atoms with E-state index in [1.807, 2.05) is 25.1 Å². The average Bonchev–Trinajstić information content (AvgIpc) is 2.40. The molecule has 1 heterocycles. The molecule has 0 bridgehead atoms. The second kappa shape index (κ2) is 3.00. The number of rotatable bonds is 1.